The number of pyridine rings is 1. The van der Waals surface area contributed by atoms with E-state index < -0.39 is 0 Å². The molecule has 28 heavy (non-hydrogen) atoms. The number of nitrogens with one attached hydrogen (secondary N) is 1. The van der Waals surface area contributed by atoms with Crippen molar-refractivity contribution in [3.8, 4) is 0 Å². The molecule has 0 spiro atoms. The molecule has 1 aliphatic rings. The van der Waals surface area contributed by atoms with E-state index in [1.807, 2.05) is 13.8 Å². The first-order valence-corrected chi connectivity index (χ1v) is 9.62. The molecule has 0 radical (unpaired) electrons. The van der Waals surface area contributed by atoms with E-state index in [9.17, 15) is 9.59 Å². The van der Waals surface area contributed by atoms with Crippen LogP contribution >= 0.6 is 0 Å². The lowest BCUT2D eigenvalue weighted by Crippen LogP contribution is -2.52. The van der Waals surface area contributed by atoms with Crippen LogP contribution in [0.2, 0.25) is 0 Å². The monoisotopic (exact) mass is 385 g/mol. The standard InChI is InChI=1S/C20H27N5O3/c1-4-14-11-25(20(27)17-6-5-7-18(21)22-17)9-8-16(14)23-19(26)10-15-12(2)24-28-13(15)3/h5-7,14,16H,4,8-11H2,1-3H3,(H2,21,22)(H,23,26)/t14-,16+/m1/s1. The summed E-state index contributed by atoms with van der Waals surface area (Å²) in [5.41, 5.74) is 7.63. The summed E-state index contributed by atoms with van der Waals surface area (Å²) in [5.74, 6) is 1.03. The van der Waals surface area contributed by atoms with Crippen molar-refractivity contribution in [2.24, 2.45) is 5.92 Å². The highest BCUT2D eigenvalue weighted by Crippen LogP contribution is 2.22. The van der Waals surface area contributed by atoms with E-state index in [4.69, 9.17) is 10.3 Å². The van der Waals surface area contributed by atoms with Crippen LogP contribution in [0.5, 0.6) is 0 Å². The predicted molar refractivity (Wildman–Crippen MR) is 105 cm³/mol. The maximum absolute atomic E-state index is 12.7. The fraction of sp³-hybridized carbons (Fsp3) is 0.500. The van der Waals surface area contributed by atoms with Gasteiger partial charge in [-0.1, -0.05) is 18.1 Å². The SMILES string of the molecule is CC[C@@H]1CN(C(=O)c2cccc(N)n2)CC[C@@H]1NC(=O)Cc1c(C)noc1C. The highest BCUT2D eigenvalue weighted by molar-refractivity contribution is 5.92. The van der Waals surface area contributed by atoms with Crippen LogP contribution in [0, 0.1) is 19.8 Å². The average Bonchev–Trinajstić information content (AvgIpc) is 2.99. The largest absolute Gasteiger partial charge is 0.384 e. The first-order valence-electron chi connectivity index (χ1n) is 9.62. The molecule has 2 amide bonds. The Hall–Kier alpha value is -2.90. The summed E-state index contributed by atoms with van der Waals surface area (Å²) in [6.07, 6.45) is 1.83. The number of amides is 2. The van der Waals surface area contributed by atoms with E-state index in [2.05, 4.69) is 22.4 Å². The first kappa shape index (κ1) is 19.9. The highest BCUT2D eigenvalue weighted by atomic mass is 16.5. The van der Waals surface area contributed by atoms with Crippen LogP contribution in [0.3, 0.4) is 0 Å². The number of nitrogen functional groups attached to an aromatic ring is 1. The lowest BCUT2D eigenvalue weighted by atomic mass is 9.89. The molecule has 0 aliphatic carbocycles. The summed E-state index contributed by atoms with van der Waals surface area (Å²) in [6.45, 7) is 6.88. The molecule has 0 aromatic carbocycles. The van der Waals surface area contributed by atoms with Gasteiger partial charge in [0, 0.05) is 24.7 Å². The lowest BCUT2D eigenvalue weighted by Gasteiger charge is -2.38. The number of nitrogens with zero attached hydrogens (tertiary/aromatic N) is 3. The van der Waals surface area contributed by atoms with Gasteiger partial charge in [0.25, 0.3) is 5.91 Å². The number of nitrogens with two attached hydrogens (primary N) is 1. The molecule has 150 valence electrons. The van der Waals surface area contributed by atoms with Crippen LogP contribution < -0.4 is 11.1 Å². The summed E-state index contributed by atoms with van der Waals surface area (Å²) >= 11 is 0. The second-order valence-electron chi connectivity index (χ2n) is 7.31. The summed E-state index contributed by atoms with van der Waals surface area (Å²) in [6, 6.07) is 5.11. The second-order valence-corrected chi connectivity index (χ2v) is 7.31. The molecule has 8 heteroatoms. The van der Waals surface area contributed by atoms with Gasteiger partial charge >= 0.3 is 0 Å². The number of hydrogen-bond acceptors (Lipinski definition) is 6. The van der Waals surface area contributed by atoms with Crippen LogP contribution in [0.4, 0.5) is 5.82 Å². The number of carbonyl (C=O) groups excluding carboxylic acids is 2. The summed E-state index contributed by atoms with van der Waals surface area (Å²) < 4.78 is 5.13. The normalized spacial score (nSPS) is 19.5. The van der Waals surface area contributed by atoms with E-state index in [-0.39, 0.29) is 30.2 Å². The molecule has 8 nitrogen and oxygen atoms in total. The Bertz CT molecular complexity index is 844. The number of aryl methyl sites for hydroxylation is 2. The van der Waals surface area contributed by atoms with Gasteiger partial charge in [-0.3, -0.25) is 9.59 Å². The van der Waals surface area contributed by atoms with E-state index >= 15 is 0 Å². The predicted octanol–water partition coefficient (Wildman–Crippen LogP) is 1.87. The van der Waals surface area contributed by atoms with Crippen LogP contribution in [-0.4, -0.2) is 46.0 Å². The van der Waals surface area contributed by atoms with Crippen molar-refractivity contribution >= 4 is 17.6 Å². The van der Waals surface area contributed by atoms with Crippen LogP contribution in [0.25, 0.3) is 0 Å². The zero-order chi connectivity index (χ0) is 20.3. The number of hydrogen-bond donors (Lipinski definition) is 2. The molecule has 1 aliphatic heterocycles. The quantitative estimate of drug-likeness (QED) is 0.812. The van der Waals surface area contributed by atoms with Crippen molar-refractivity contribution in [2.45, 2.75) is 46.1 Å². The van der Waals surface area contributed by atoms with E-state index in [1.165, 1.54) is 0 Å². The summed E-state index contributed by atoms with van der Waals surface area (Å²) in [5, 5.41) is 7.04. The molecule has 2 aromatic rings. The molecule has 3 rings (SSSR count). The third kappa shape index (κ3) is 4.32. The third-order valence-corrected chi connectivity index (χ3v) is 5.40. The number of anilines is 1. The molecule has 2 atom stereocenters. The number of aromatic nitrogens is 2. The number of rotatable bonds is 5. The van der Waals surface area contributed by atoms with E-state index in [1.54, 1.807) is 23.1 Å². The van der Waals surface area contributed by atoms with Crippen molar-refractivity contribution in [1.29, 1.82) is 0 Å². The fourth-order valence-electron chi connectivity index (χ4n) is 3.73. The van der Waals surface area contributed by atoms with E-state index in [0.29, 0.717) is 36.8 Å². The van der Waals surface area contributed by atoms with Gasteiger partial charge in [-0.15, -0.1) is 0 Å². The Morgan fingerprint density at radius 3 is 2.79 bits per heavy atom. The molecular weight excluding hydrogens is 358 g/mol. The average molecular weight is 385 g/mol. The second kappa shape index (κ2) is 8.41. The van der Waals surface area contributed by atoms with Crippen molar-refractivity contribution in [2.75, 3.05) is 18.8 Å². The van der Waals surface area contributed by atoms with Gasteiger partial charge in [-0.25, -0.2) is 4.98 Å². The Morgan fingerprint density at radius 2 is 2.14 bits per heavy atom. The van der Waals surface area contributed by atoms with E-state index in [0.717, 1.165) is 17.7 Å². The number of piperidine rings is 1. The van der Waals surface area contributed by atoms with Crippen molar-refractivity contribution in [1.82, 2.24) is 20.4 Å². The van der Waals surface area contributed by atoms with Crippen LogP contribution in [-0.2, 0) is 11.2 Å². The summed E-state index contributed by atoms with van der Waals surface area (Å²) in [7, 11) is 0. The number of likely N-dealkylation sites (tertiary alicyclic amines) is 1. The zero-order valence-corrected chi connectivity index (χ0v) is 16.6. The minimum atomic E-state index is -0.119. The number of carbonyl (C=O) groups is 2. The minimum Gasteiger partial charge on any atom is -0.384 e. The molecule has 3 heterocycles. The Labute approximate surface area is 164 Å². The molecule has 0 saturated carbocycles. The molecule has 0 unspecified atom stereocenters. The molecular formula is C20H27N5O3. The Balaban J connectivity index is 1.61. The molecule has 3 N–H and O–H groups in total. The van der Waals surface area contributed by atoms with Gasteiger partial charge in [0.05, 0.1) is 12.1 Å². The molecule has 1 saturated heterocycles. The van der Waals surface area contributed by atoms with Crippen molar-refractivity contribution in [3.05, 3.63) is 40.9 Å². The van der Waals surface area contributed by atoms with Gasteiger partial charge in [-0.05, 0) is 44.7 Å². The lowest BCUT2D eigenvalue weighted by molar-refractivity contribution is -0.121. The molecule has 2 aromatic heterocycles. The Morgan fingerprint density at radius 1 is 1.36 bits per heavy atom. The van der Waals surface area contributed by atoms with Gasteiger partial charge < -0.3 is 20.5 Å². The van der Waals surface area contributed by atoms with Gasteiger partial charge in [-0.2, -0.15) is 0 Å². The van der Waals surface area contributed by atoms with Gasteiger partial charge in [0.1, 0.15) is 17.3 Å². The first-order chi connectivity index (χ1) is 13.4. The zero-order valence-electron chi connectivity index (χ0n) is 16.6. The van der Waals surface area contributed by atoms with Crippen molar-refractivity contribution < 1.29 is 14.1 Å². The fourth-order valence-corrected chi connectivity index (χ4v) is 3.73. The van der Waals surface area contributed by atoms with Crippen LogP contribution in [0.1, 0.15) is 47.3 Å². The minimum absolute atomic E-state index is 0.0378. The topological polar surface area (TPSA) is 114 Å². The van der Waals surface area contributed by atoms with Crippen LogP contribution in [0.15, 0.2) is 22.7 Å². The maximum Gasteiger partial charge on any atom is 0.272 e. The van der Waals surface area contributed by atoms with Gasteiger partial charge in [0.2, 0.25) is 5.91 Å². The third-order valence-electron chi connectivity index (χ3n) is 5.40. The van der Waals surface area contributed by atoms with Crippen molar-refractivity contribution in [3.63, 3.8) is 0 Å². The highest BCUT2D eigenvalue weighted by Gasteiger charge is 2.32. The molecule has 0 bridgehead atoms. The summed E-state index contributed by atoms with van der Waals surface area (Å²) in [4.78, 5) is 31.2. The van der Waals surface area contributed by atoms with Gasteiger partial charge in [0.15, 0.2) is 0 Å². The Kier molecular flexibility index (Phi) is 5.96. The maximum atomic E-state index is 12.7. The smallest absolute Gasteiger partial charge is 0.272 e. The molecule has 1 fully saturated rings.